The second kappa shape index (κ2) is 28.3. The van der Waals surface area contributed by atoms with Crippen molar-refractivity contribution in [3.63, 3.8) is 0 Å². The van der Waals surface area contributed by atoms with Gasteiger partial charge in [-0.25, -0.2) is 4.79 Å². The van der Waals surface area contributed by atoms with Crippen molar-refractivity contribution in [3.8, 4) is 5.75 Å². The van der Waals surface area contributed by atoms with Gasteiger partial charge in [-0.2, -0.15) is 0 Å². The van der Waals surface area contributed by atoms with Crippen LogP contribution in [-0.4, -0.2) is 124 Å². The van der Waals surface area contributed by atoms with Crippen molar-refractivity contribution in [3.05, 3.63) is 65.7 Å². The van der Waals surface area contributed by atoms with Gasteiger partial charge in [-0.15, -0.1) is 0 Å². The molecule has 0 aliphatic carbocycles. The number of phenols is 1. The molecule has 9 amide bonds. The Balaban J connectivity index is 2.43. The molecule has 20 N–H and O–H groups in total. The first-order valence-electron chi connectivity index (χ1n) is 21.5. The summed E-state index contributed by atoms with van der Waals surface area (Å²) in [5.41, 5.74) is 34.2. The molecule has 0 saturated carbocycles. The summed E-state index contributed by atoms with van der Waals surface area (Å²) in [4.78, 5) is 133. The van der Waals surface area contributed by atoms with Gasteiger partial charge in [-0.05, 0) is 61.3 Å². The highest BCUT2D eigenvalue weighted by Gasteiger charge is 2.35. The van der Waals surface area contributed by atoms with Crippen molar-refractivity contribution < 1.29 is 58.2 Å². The van der Waals surface area contributed by atoms with E-state index in [1.54, 1.807) is 44.2 Å². The van der Waals surface area contributed by atoms with E-state index in [9.17, 15) is 58.2 Å². The van der Waals surface area contributed by atoms with Crippen LogP contribution in [0.4, 0.5) is 0 Å². The SMILES string of the molecule is CC(C)C[C@H](NC(=O)[C@H](Cc1ccc(O)cc1)NC(=O)[C@@H](N)Cc1ccccc1)C(=O)N[C@@H](CCCN=C(N)N)C(=O)N[C@@H](CC(N)=O)C(=O)N[C@@H](CC(N)=O)C(=O)N[C@@H](CCC(N)=O)C(=O)O. The monoisotopic (exact) mass is 953 g/mol. The number of hydrogen-bond acceptors (Lipinski definition) is 13. The minimum atomic E-state index is -1.87. The van der Waals surface area contributed by atoms with E-state index in [-0.39, 0.29) is 56.3 Å². The molecule has 0 bridgehead atoms. The number of benzene rings is 2. The molecule has 25 nitrogen and oxygen atoms in total. The Kier molecular flexibility index (Phi) is 23.4. The minimum absolute atomic E-state index is 0.00853. The molecule has 25 heteroatoms. The molecule has 0 spiro atoms. The molecule has 0 aliphatic rings. The molecular weight excluding hydrogens is 891 g/mol. The summed E-state index contributed by atoms with van der Waals surface area (Å²) >= 11 is 0. The third-order valence-corrected chi connectivity index (χ3v) is 9.93. The van der Waals surface area contributed by atoms with E-state index in [0.29, 0.717) is 5.56 Å². The molecule has 2 aromatic rings. The van der Waals surface area contributed by atoms with Gasteiger partial charge in [-0.3, -0.25) is 48.1 Å². The summed E-state index contributed by atoms with van der Waals surface area (Å²) in [5.74, 6) is -11.2. The van der Waals surface area contributed by atoms with Gasteiger partial charge in [0.1, 0.15) is 42.0 Å². The van der Waals surface area contributed by atoms with E-state index in [2.05, 4.69) is 36.9 Å². The van der Waals surface area contributed by atoms with Crippen LogP contribution in [0, 0.1) is 5.92 Å². The number of carboxylic acid groups (broad SMARTS) is 1. The van der Waals surface area contributed by atoms with Crippen molar-refractivity contribution in [2.24, 2.45) is 45.3 Å². The zero-order valence-electron chi connectivity index (χ0n) is 37.8. The van der Waals surface area contributed by atoms with Gasteiger partial charge < -0.3 is 76.5 Å². The third kappa shape index (κ3) is 21.4. The van der Waals surface area contributed by atoms with Gasteiger partial charge in [0.15, 0.2) is 5.96 Å². The number of carboxylic acids is 1. The highest BCUT2D eigenvalue weighted by molar-refractivity contribution is 5.99. The maximum Gasteiger partial charge on any atom is 0.326 e. The first kappa shape index (κ1) is 56.3. The van der Waals surface area contributed by atoms with E-state index in [1.807, 2.05) is 0 Å². The van der Waals surface area contributed by atoms with Crippen molar-refractivity contribution in [1.82, 2.24) is 31.9 Å². The molecule has 0 aromatic heterocycles. The molecule has 0 unspecified atom stereocenters. The Hall–Kier alpha value is -7.83. The number of aromatic hydroxyl groups is 1. The van der Waals surface area contributed by atoms with Crippen LogP contribution >= 0.6 is 0 Å². The standard InChI is InChI=1S/C43H63N13O12/c1-22(2)17-29(54-39(64)30(19-24-10-12-25(57)13-11-24)53-36(61)26(44)18-23-7-4-3-5-8-23)38(63)51-27(9-6-16-50-43(48)49)37(62)55-32(21-35(47)60)41(66)56-31(20-34(46)59)40(65)52-28(42(67)68)14-15-33(45)58/h3-5,7-8,10-13,22,26-32,57H,6,9,14-21,44H2,1-2H3,(H2,45,58)(H2,46,59)(H2,47,60)(H,51,63)(H,52,65)(H,53,61)(H,54,64)(H,55,62)(H,56,66)(H,67,68)(H4,48,49,50)/t26-,27-,28-,29-,30-,31-,32-/m0/s1. The van der Waals surface area contributed by atoms with Crippen LogP contribution in [0.2, 0.25) is 0 Å². The predicted molar refractivity (Wildman–Crippen MR) is 245 cm³/mol. The van der Waals surface area contributed by atoms with Crippen molar-refractivity contribution in [2.45, 2.75) is 114 Å². The summed E-state index contributed by atoms with van der Waals surface area (Å²) < 4.78 is 0. The number of nitrogens with zero attached hydrogens (tertiary/aromatic N) is 1. The molecule has 0 radical (unpaired) electrons. The molecular formula is C43H63N13O12. The second-order valence-electron chi connectivity index (χ2n) is 16.3. The summed E-state index contributed by atoms with van der Waals surface area (Å²) in [5, 5.41) is 33.8. The molecule has 7 atom stereocenters. The van der Waals surface area contributed by atoms with Crippen LogP contribution in [0.15, 0.2) is 59.6 Å². The molecule has 372 valence electrons. The van der Waals surface area contributed by atoms with Gasteiger partial charge in [-0.1, -0.05) is 56.3 Å². The fourth-order valence-corrected chi connectivity index (χ4v) is 6.52. The Bertz CT molecular complexity index is 2120. The number of aliphatic carboxylic acids is 1. The number of amides is 9. The average molecular weight is 954 g/mol. The van der Waals surface area contributed by atoms with E-state index in [4.69, 9.17) is 34.4 Å². The fourth-order valence-electron chi connectivity index (χ4n) is 6.52. The zero-order chi connectivity index (χ0) is 51.1. The van der Waals surface area contributed by atoms with E-state index in [1.165, 1.54) is 24.3 Å². The quantitative estimate of drug-likeness (QED) is 0.0200. The summed E-state index contributed by atoms with van der Waals surface area (Å²) in [6, 6.07) is 4.13. The molecule has 2 rings (SSSR count). The van der Waals surface area contributed by atoms with Crippen LogP contribution in [0.3, 0.4) is 0 Å². The maximum absolute atomic E-state index is 14.1. The molecule has 0 saturated heterocycles. The van der Waals surface area contributed by atoms with Gasteiger partial charge >= 0.3 is 5.97 Å². The number of nitrogens with one attached hydrogen (secondary N) is 6. The van der Waals surface area contributed by atoms with Gasteiger partial charge in [0, 0.05) is 19.4 Å². The van der Waals surface area contributed by atoms with Crippen molar-refractivity contribution in [1.29, 1.82) is 0 Å². The van der Waals surface area contributed by atoms with Crippen LogP contribution in [0.1, 0.15) is 69.9 Å². The van der Waals surface area contributed by atoms with Crippen molar-refractivity contribution in [2.75, 3.05) is 6.54 Å². The van der Waals surface area contributed by atoms with Crippen LogP contribution in [0.5, 0.6) is 5.75 Å². The van der Waals surface area contributed by atoms with Crippen LogP contribution in [0.25, 0.3) is 0 Å². The van der Waals surface area contributed by atoms with Gasteiger partial charge in [0.05, 0.1) is 18.9 Å². The number of nitrogens with two attached hydrogens (primary N) is 6. The Morgan fingerprint density at radius 2 is 1.00 bits per heavy atom. The first-order chi connectivity index (χ1) is 31.9. The smallest absolute Gasteiger partial charge is 0.326 e. The van der Waals surface area contributed by atoms with E-state index < -0.39 is 127 Å². The topological polar surface area (TPSA) is 452 Å². The van der Waals surface area contributed by atoms with Gasteiger partial charge in [0.2, 0.25) is 53.2 Å². The Labute approximate surface area is 391 Å². The largest absolute Gasteiger partial charge is 0.508 e. The number of phenolic OH excluding ortho intramolecular Hbond substituents is 1. The number of rotatable bonds is 30. The highest BCUT2D eigenvalue weighted by Crippen LogP contribution is 2.14. The summed E-state index contributed by atoms with van der Waals surface area (Å²) in [6.45, 7) is 3.48. The van der Waals surface area contributed by atoms with Crippen LogP contribution in [-0.2, 0) is 60.8 Å². The minimum Gasteiger partial charge on any atom is -0.508 e. The van der Waals surface area contributed by atoms with Crippen molar-refractivity contribution >= 4 is 65.1 Å². The first-order valence-corrected chi connectivity index (χ1v) is 21.5. The third-order valence-electron chi connectivity index (χ3n) is 9.93. The zero-order valence-corrected chi connectivity index (χ0v) is 37.8. The summed E-state index contributed by atoms with van der Waals surface area (Å²) in [7, 11) is 0. The molecule has 0 aliphatic heterocycles. The molecule has 2 aromatic carbocycles. The Morgan fingerprint density at radius 3 is 1.50 bits per heavy atom. The number of aliphatic imine (C=N–C) groups is 1. The maximum atomic E-state index is 14.1. The normalized spacial score (nSPS) is 13.9. The van der Waals surface area contributed by atoms with Crippen LogP contribution < -0.4 is 66.3 Å². The Morgan fingerprint density at radius 1 is 0.544 bits per heavy atom. The highest BCUT2D eigenvalue weighted by atomic mass is 16.4. The lowest BCUT2D eigenvalue weighted by molar-refractivity contribution is -0.143. The average Bonchev–Trinajstić information content (AvgIpc) is 3.25. The molecule has 0 heterocycles. The fraction of sp³-hybridized carbons (Fsp3) is 0.465. The lowest BCUT2D eigenvalue weighted by Gasteiger charge is -2.28. The van der Waals surface area contributed by atoms with E-state index in [0.717, 1.165) is 5.56 Å². The number of primary amides is 3. The molecule has 68 heavy (non-hydrogen) atoms. The predicted octanol–water partition coefficient (Wildman–Crippen LogP) is -4.39. The second-order valence-corrected chi connectivity index (χ2v) is 16.3. The lowest BCUT2D eigenvalue weighted by atomic mass is 9.99. The summed E-state index contributed by atoms with van der Waals surface area (Å²) in [6.07, 6.45) is -2.76. The number of carbonyl (C=O) groups is 10. The lowest BCUT2D eigenvalue weighted by Crippen LogP contribution is -2.60. The number of hydrogen-bond donors (Lipinski definition) is 14. The number of guanidine groups is 1. The molecule has 0 fully saturated rings. The van der Waals surface area contributed by atoms with E-state index >= 15 is 0 Å². The number of carbonyl (C=O) groups excluding carboxylic acids is 9. The van der Waals surface area contributed by atoms with Gasteiger partial charge in [0.25, 0.3) is 0 Å².